The van der Waals surface area contributed by atoms with E-state index in [-0.39, 0.29) is 5.82 Å². The van der Waals surface area contributed by atoms with Gasteiger partial charge in [-0.1, -0.05) is 35.8 Å². The minimum atomic E-state index is -0.923. The summed E-state index contributed by atoms with van der Waals surface area (Å²) in [6.45, 7) is 4.06. The predicted octanol–water partition coefficient (Wildman–Crippen LogP) is 3.32. The predicted molar refractivity (Wildman–Crippen MR) is 71.9 cm³/mol. The van der Waals surface area contributed by atoms with Gasteiger partial charge in [0.15, 0.2) is 0 Å². The van der Waals surface area contributed by atoms with Crippen molar-refractivity contribution in [3.63, 3.8) is 0 Å². The zero-order valence-corrected chi connectivity index (χ0v) is 12.1. The monoisotopic (exact) mass is 317 g/mol. The number of nitrogens with one attached hydrogen (secondary N) is 1. The third-order valence-corrected chi connectivity index (χ3v) is 3.99. The molecule has 0 atom stereocenters. The first-order chi connectivity index (χ1) is 8.45. The molecule has 5 heteroatoms. The van der Waals surface area contributed by atoms with Gasteiger partial charge in [-0.15, -0.1) is 0 Å². The Hall–Kier alpha value is -0.940. The maximum atomic E-state index is 12.9. The van der Waals surface area contributed by atoms with Crippen LogP contribution in [-0.4, -0.2) is 16.6 Å². The highest BCUT2D eigenvalue weighted by atomic mass is 79.9. The van der Waals surface area contributed by atoms with Gasteiger partial charge >= 0.3 is 5.97 Å². The number of carboxylic acid groups (broad SMARTS) is 1. The summed E-state index contributed by atoms with van der Waals surface area (Å²) < 4.78 is 13.6. The lowest BCUT2D eigenvalue weighted by Gasteiger charge is -2.28. The largest absolute Gasteiger partial charge is 0.480 e. The van der Waals surface area contributed by atoms with Crippen molar-refractivity contribution in [2.24, 2.45) is 0 Å². The van der Waals surface area contributed by atoms with Crippen molar-refractivity contribution >= 4 is 21.9 Å². The van der Waals surface area contributed by atoms with Crippen molar-refractivity contribution in [1.82, 2.24) is 5.32 Å². The third-order valence-electron chi connectivity index (χ3n) is 3.25. The molecule has 0 unspecified atom stereocenters. The molecule has 0 bridgehead atoms. The van der Waals surface area contributed by atoms with E-state index in [0.717, 1.165) is 5.56 Å². The lowest BCUT2D eigenvalue weighted by atomic mass is 9.92. The molecule has 0 saturated heterocycles. The molecule has 1 aromatic carbocycles. The molecule has 1 aromatic rings. The van der Waals surface area contributed by atoms with E-state index < -0.39 is 11.5 Å². The van der Waals surface area contributed by atoms with Crippen molar-refractivity contribution in [3.05, 3.63) is 34.1 Å². The fourth-order valence-corrected chi connectivity index (χ4v) is 2.30. The lowest BCUT2D eigenvalue weighted by molar-refractivity contribution is -0.145. The molecule has 0 fully saturated rings. The summed E-state index contributed by atoms with van der Waals surface area (Å²) in [5, 5.41) is 12.3. The summed E-state index contributed by atoms with van der Waals surface area (Å²) in [6, 6.07) is 4.38. The van der Waals surface area contributed by atoms with E-state index in [9.17, 15) is 14.3 Å². The van der Waals surface area contributed by atoms with E-state index in [1.807, 2.05) is 13.8 Å². The van der Waals surface area contributed by atoms with E-state index in [2.05, 4.69) is 21.2 Å². The van der Waals surface area contributed by atoms with Crippen molar-refractivity contribution in [2.45, 2.75) is 38.8 Å². The van der Waals surface area contributed by atoms with Crippen LogP contribution < -0.4 is 5.32 Å². The average Bonchev–Trinajstić information content (AvgIpc) is 2.32. The zero-order chi connectivity index (χ0) is 13.8. The molecule has 0 heterocycles. The number of carbonyl (C=O) groups is 1. The molecule has 0 amide bonds. The number of carboxylic acids is 1. The average molecular weight is 318 g/mol. The van der Waals surface area contributed by atoms with Gasteiger partial charge < -0.3 is 5.11 Å². The molecule has 0 saturated carbocycles. The third kappa shape index (κ3) is 3.29. The number of benzene rings is 1. The summed E-state index contributed by atoms with van der Waals surface area (Å²) in [4.78, 5) is 11.3. The van der Waals surface area contributed by atoms with Gasteiger partial charge in [0.05, 0.1) is 0 Å². The molecule has 0 spiro atoms. The standard InChI is InChI=1S/C13H17BrFNO2/c1-3-13(4-2,12(17)18)16-8-9-5-6-10(15)7-11(9)14/h5-7,16H,3-4,8H2,1-2H3,(H,17,18). The first kappa shape index (κ1) is 15.1. The molecule has 18 heavy (non-hydrogen) atoms. The summed E-state index contributed by atoms with van der Waals surface area (Å²) in [7, 11) is 0. The van der Waals surface area contributed by atoms with Gasteiger partial charge in [0.2, 0.25) is 0 Å². The fraction of sp³-hybridized carbons (Fsp3) is 0.462. The Labute approximate surface area is 115 Å². The van der Waals surface area contributed by atoms with Gasteiger partial charge in [-0.25, -0.2) is 4.39 Å². The molecule has 1 rings (SSSR count). The molecule has 0 aliphatic heterocycles. The molecule has 0 aromatic heterocycles. The Bertz CT molecular complexity index is 433. The van der Waals surface area contributed by atoms with Gasteiger partial charge in [0, 0.05) is 11.0 Å². The van der Waals surface area contributed by atoms with Crippen LogP contribution in [-0.2, 0) is 11.3 Å². The van der Waals surface area contributed by atoms with E-state index in [1.54, 1.807) is 6.07 Å². The summed E-state index contributed by atoms with van der Waals surface area (Å²) in [5.41, 5.74) is -0.0858. The van der Waals surface area contributed by atoms with Crippen LogP contribution in [0.1, 0.15) is 32.3 Å². The van der Waals surface area contributed by atoms with Gasteiger partial charge in [0.25, 0.3) is 0 Å². The maximum Gasteiger partial charge on any atom is 0.323 e. The van der Waals surface area contributed by atoms with Gasteiger partial charge in [0.1, 0.15) is 11.4 Å². The van der Waals surface area contributed by atoms with Crippen molar-refractivity contribution in [2.75, 3.05) is 0 Å². The Morgan fingerprint density at radius 1 is 1.44 bits per heavy atom. The Kier molecular flexibility index (Phi) is 5.28. The van der Waals surface area contributed by atoms with E-state index in [1.165, 1.54) is 12.1 Å². The number of halogens is 2. The van der Waals surface area contributed by atoms with Gasteiger partial charge in [-0.05, 0) is 30.5 Å². The summed E-state index contributed by atoms with van der Waals surface area (Å²) in [6.07, 6.45) is 0.995. The SMILES string of the molecule is CCC(CC)(NCc1ccc(F)cc1Br)C(=O)O. The number of hydrogen-bond acceptors (Lipinski definition) is 2. The van der Waals surface area contributed by atoms with Crippen LogP contribution in [0, 0.1) is 5.82 Å². The highest BCUT2D eigenvalue weighted by Crippen LogP contribution is 2.21. The second-order valence-corrected chi connectivity index (χ2v) is 5.04. The minimum Gasteiger partial charge on any atom is -0.480 e. The smallest absolute Gasteiger partial charge is 0.323 e. The van der Waals surface area contributed by atoms with E-state index >= 15 is 0 Å². The maximum absolute atomic E-state index is 12.9. The van der Waals surface area contributed by atoms with Crippen molar-refractivity contribution in [3.8, 4) is 0 Å². The topological polar surface area (TPSA) is 49.3 Å². The van der Waals surface area contributed by atoms with Crippen LogP contribution in [0.2, 0.25) is 0 Å². The highest BCUT2D eigenvalue weighted by Gasteiger charge is 2.34. The summed E-state index contributed by atoms with van der Waals surface area (Å²) >= 11 is 3.27. The van der Waals surface area contributed by atoms with Crippen molar-refractivity contribution in [1.29, 1.82) is 0 Å². The van der Waals surface area contributed by atoms with E-state index in [0.29, 0.717) is 23.9 Å². The molecular weight excluding hydrogens is 301 g/mol. The van der Waals surface area contributed by atoms with E-state index in [4.69, 9.17) is 0 Å². The summed E-state index contributed by atoms with van der Waals surface area (Å²) in [5.74, 6) is -1.17. The van der Waals surface area contributed by atoms with Crippen LogP contribution >= 0.6 is 15.9 Å². The van der Waals surface area contributed by atoms with Crippen LogP contribution in [0.5, 0.6) is 0 Å². The first-order valence-electron chi connectivity index (χ1n) is 5.87. The Morgan fingerprint density at radius 2 is 2.06 bits per heavy atom. The minimum absolute atomic E-state index is 0.318. The van der Waals surface area contributed by atoms with Crippen LogP contribution in [0.25, 0.3) is 0 Å². The molecule has 2 N–H and O–H groups in total. The molecule has 3 nitrogen and oxygen atoms in total. The lowest BCUT2D eigenvalue weighted by Crippen LogP contribution is -2.50. The van der Waals surface area contributed by atoms with Crippen molar-refractivity contribution < 1.29 is 14.3 Å². The Morgan fingerprint density at radius 3 is 2.50 bits per heavy atom. The molecule has 0 radical (unpaired) electrons. The van der Waals surface area contributed by atoms with Crippen LogP contribution in [0.4, 0.5) is 4.39 Å². The number of hydrogen-bond donors (Lipinski definition) is 2. The second kappa shape index (κ2) is 6.29. The van der Waals surface area contributed by atoms with Crippen LogP contribution in [0.3, 0.4) is 0 Å². The number of rotatable bonds is 6. The molecule has 100 valence electrons. The second-order valence-electron chi connectivity index (χ2n) is 4.18. The number of aliphatic carboxylic acids is 1. The molecular formula is C13H17BrFNO2. The highest BCUT2D eigenvalue weighted by molar-refractivity contribution is 9.10. The molecule has 0 aliphatic carbocycles. The van der Waals surface area contributed by atoms with Gasteiger partial charge in [-0.3, -0.25) is 10.1 Å². The Balaban J connectivity index is 2.82. The zero-order valence-electron chi connectivity index (χ0n) is 10.5. The fourth-order valence-electron chi connectivity index (χ4n) is 1.81. The van der Waals surface area contributed by atoms with Gasteiger partial charge in [-0.2, -0.15) is 0 Å². The quantitative estimate of drug-likeness (QED) is 0.846. The molecule has 0 aliphatic rings. The normalized spacial score (nSPS) is 11.6. The first-order valence-corrected chi connectivity index (χ1v) is 6.67. The van der Waals surface area contributed by atoms with Crippen LogP contribution in [0.15, 0.2) is 22.7 Å².